The van der Waals surface area contributed by atoms with Gasteiger partial charge in [0.15, 0.2) is 0 Å². The molecular formula is C14H14FNO4. The highest BCUT2D eigenvalue weighted by Gasteiger charge is 2.35. The lowest BCUT2D eigenvalue weighted by atomic mass is 10.1. The summed E-state index contributed by atoms with van der Waals surface area (Å²) in [6.45, 7) is 2.12. The molecule has 1 aliphatic heterocycles. The number of halogens is 1. The molecule has 1 aromatic carbocycles. The summed E-state index contributed by atoms with van der Waals surface area (Å²) in [5.41, 5.74) is 0.277. The second kappa shape index (κ2) is 5.81. The summed E-state index contributed by atoms with van der Waals surface area (Å²) in [6, 6.07) is 3.50. The number of fused-ring (bicyclic) bond motifs is 1. The molecule has 5 nitrogen and oxygen atoms in total. The van der Waals surface area contributed by atoms with Gasteiger partial charge in [0, 0.05) is 13.0 Å². The molecule has 0 bridgehead atoms. The predicted octanol–water partition coefficient (Wildman–Crippen LogP) is 1.77. The van der Waals surface area contributed by atoms with Gasteiger partial charge in [0.1, 0.15) is 5.82 Å². The quantitative estimate of drug-likeness (QED) is 0.608. The van der Waals surface area contributed by atoms with Gasteiger partial charge in [-0.2, -0.15) is 0 Å². The van der Waals surface area contributed by atoms with Crippen molar-refractivity contribution in [2.75, 3.05) is 13.2 Å². The molecule has 2 amide bonds. The standard InChI is InChI=1S/C14H14FNO4/c1-2-20-12(17)4-3-7-16-13(18)10-6-5-9(15)8-11(10)14(16)19/h5-6,8H,2-4,7H2,1H3. The molecule has 0 radical (unpaired) electrons. The van der Waals surface area contributed by atoms with Gasteiger partial charge in [0.25, 0.3) is 11.8 Å². The third kappa shape index (κ3) is 2.68. The van der Waals surface area contributed by atoms with Crippen LogP contribution in [-0.4, -0.2) is 35.8 Å². The molecule has 1 aliphatic rings. The third-order valence-electron chi connectivity index (χ3n) is 3.00. The summed E-state index contributed by atoms with van der Waals surface area (Å²) < 4.78 is 17.8. The Balaban J connectivity index is 2.00. The average Bonchev–Trinajstić information content (AvgIpc) is 2.63. The van der Waals surface area contributed by atoms with Gasteiger partial charge in [-0.25, -0.2) is 4.39 Å². The summed E-state index contributed by atoms with van der Waals surface area (Å²) in [5.74, 6) is -1.89. The predicted molar refractivity (Wildman–Crippen MR) is 67.6 cm³/mol. The second-order valence-corrected chi connectivity index (χ2v) is 4.36. The van der Waals surface area contributed by atoms with E-state index < -0.39 is 17.6 Å². The number of benzene rings is 1. The number of nitrogens with zero attached hydrogens (tertiary/aromatic N) is 1. The molecule has 1 aromatic rings. The molecule has 0 spiro atoms. The van der Waals surface area contributed by atoms with Gasteiger partial charge in [-0.3, -0.25) is 19.3 Å². The van der Waals surface area contributed by atoms with E-state index >= 15 is 0 Å². The van der Waals surface area contributed by atoms with Gasteiger partial charge < -0.3 is 4.74 Å². The SMILES string of the molecule is CCOC(=O)CCCN1C(=O)c2ccc(F)cc2C1=O. The van der Waals surface area contributed by atoms with E-state index in [-0.39, 0.29) is 30.1 Å². The first-order valence-electron chi connectivity index (χ1n) is 6.36. The molecule has 0 N–H and O–H groups in total. The first-order chi connectivity index (χ1) is 9.54. The van der Waals surface area contributed by atoms with E-state index in [1.165, 1.54) is 6.07 Å². The number of hydrogen-bond acceptors (Lipinski definition) is 4. The van der Waals surface area contributed by atoms with E-state index in [0.29, 0.717) is 13.0 Å². The van der Waals surface area contributed by atoms with Gasteiger partial charge in [0.2, 0.25) is 0 Å². The van der Waals surface area contributed by atoms with Gasteiger partial charge in [-0.05, 0) is 31.5 Å². The van der Waals surface area contributed by atoms with Crippen molar-refractivity contribution in [1.29, 1.82) is 0 Å². The largest absolute Gasteiger partial charge is 0.466 e. The summed E-state index contributed by atoms with van der Waals surface area (Å²) in [4.78, 5) is 36.2. The van der Waals surface area contributed by atoms with Crippen LogP contribution in [0.1, 0.15) is 40.5 Å². The number of carbonyl (C=O) groups excluding carboxylic acids is 3. The van der Waals surface area contributed by atoms with Crippen molar-refractivity contribution in [3.63, 3.8) is 0 Å². The molecule has 0 unspecified atom stereocenters. The number of imide groups is 1. The lowest BCUT2D eigenvalue weighted by molar-refractivity contribution is -0.143. The molecule has 1 heterocycles. The summed E-state index contributed by atoms with van der Waals surface area (Å²) in [5, 5.41) is 0. The molecule has 6 heteroatoms. The van der Waals surface area contributed by atoms with Crippen LogP contribution in [-0.2, 0) is 9.53 Å². The fourth-order valence-corrected chi connectivity index (χ4v) is 2.08. The maximum atomic E-state index is 13.1. The Bertz CT molecular complexity index is 570. The van der Waals surface area contributed by atoms with E-state index in [4.69, 9.17) is 4.74 Å². The number of ether oxygens (including phenoxy) is 1. The van der Waals surface area contributed by atoms with E-state index in [1.54, 1.807) is 6.92 Å². The van der Waals surface area contributed by atoms with Gasteiger partial charge in [-0.15, -0.1) is 0 Å². The maximum absolute atomic E-state index is 13.1. The number of esters is 1. The smallest absolute Gasteiger partial charge is 0.305 e. The van der Waals surface area contributed by atoms with E-state index in [2.05, 4.69) is 0 Å². The molecule has 20 heavy (non-hydrogen) atoms. The van der Waals surface area contributed by atoms with Gasteiger partial charge in [0.05, 0.1) is 17.7 Å². The number of carbonyl (C=O) groups is 3. The van der Waals surface area contributed by atoms with Crippen LogP contribution in [0.2, 0.25) is 0 Å². The van der Waals surface area contributed by atoms with Crippen LogP contribution < -0.4 is 0 Å². The van der Waals surface area contributed by atoms with Crippen LogP contribution in [0.25, 0.3) is 0 Å². The zero-order chi connectivity index (χ0) is 14.7. The summed E-state index contributed by atoms with van der Waals surface area (Å²) in [7, 11) is 0. The molecule has 0 saturated carbocycles. The Morgan fingerprint density at radius 2 is 1.95 bits per heavy atom. The summed E-state index contributed by atoms with van der Waals surface area (Å²) in [6.07, 6.45) is 0.461. The lowest BCUT2D eigenvalue weighted by Gasteiger charge is -2.12. The first kappa shape index (κ1) is 14.2. The monoisotopic (exact) mass is 279 g/mol. The van der Waals surface area contributed by atoms with Crippen LogP contribution in [0.5, 0.6) is 0 Å². The fourth-order valence-electron chi connectivity index (χ4n) is 2.08. The minimum absolute atomic E-state index is 0.0751. The normalized spacial score (nSPS) is 13.6. The highest BCUT2D eigenvalue weighted by molar-refractivity contribution is 6.21. The van der Waals surface area contributed by atoms with Crippen LogP contribution in [0, 0.1) is 5.82 Å². The molecule has 0 saturated heterocycles. The van der Waals surface area contributed by atoms with Crippen molar-refractivity contribution in [2.45, 2.75) is 19.8 Å². The van der Waals surface area contributed by atoms with Crippen molar-refractivity contribution in [3.8, 4) is 0 Å². The highest BCUT2D eigenvalue weighted by atomic mass is 19.1. The molecule has 2 rings (SSSR count). The Labute approximate surface area is 115 Å². The number of hydrogen-bond donors (Lipinski definition) is 0. The highest BCUT2D eigenvalue weighted by Crippen LogP contribution is 2.23. The van der Waals surface area contributed by atoms with E-state index in [9.17, 15) is 18.8 Å². The number of rotatable bonds is 5. The van der Waals surface area contributed by atoms with Crippen molar-refractivity contribution in [3.05, 3.63) is 35.1 Å². The zero-order valence-corrected chi connectivity index (χ0v) is 11.0. The second-order valence-electron chi connectivity index (χ2n) is 4.36. The maximum Gasteiger partial charge on any atom is 0.305 e. The van der Waals surface area contributed by atoms with Gasteiger partial charge >= 0.3 is 5.97 Å². The zero-order valence-electron chi connectivity index (χ0n) is 11.0. The van der Waals surface area contributed by atoms with Gasteiger partial charge in [-0.1, -0.05) is 0 Å². The van der Waals surface area contributed by atoms with E-state index in [0.717, 1.165) is 17.0 Å². The van der Waals surface area contributed by atoms with Crippen molar-refractivity contribution >= 4 is 17.8 Å². The lowest BCUT2D eigenvalue weighted by Crippen LogP contribution is -2.31. The van der Waals surface area contributed by atoms with Crippen LogP contribution in [0.4, 0.5) is 4.39 Å². The Hall–Kier alpha value is -2.24. The molecular weight excluding hydrogens is 265 g/mol. The van der Waals surface area contributed by atoms with E-state index in [1.807, 2.05) is 0 Å². The molecule has 0 fully saturated rings. The Morgan fingerprint density at radius 1 is 1.25 bits per heavy atom. The number of amides is 2. The first-order valence-corrected chi connectivity index (χ1v) is 6.36. The fraction of sp³-hybridized carbons (Fsp3) is 0.357. The van der Waals surface area contributed by atoms with Crippen molar-refractivity contribution in [2.24, 2.45) is 0 Å². The Morgan fingerprint density at radius 3 is 2.65 bits per heavy atom. The topological polar surface area (TPSA) is 63.7 Å². The van der Waals surface area contributed by atoms with Crippen LogP contribution in [0.15, 0.2) is 18.2 Å². The summed E-state index contributed by atoms with van der Waals surface area (Å²) >= 11 is 0. The van der Waals surface area contributed by atoms with Crippen molar-refractivity contribution in [1.82, 2.24) is 4.90 Å². The Kier molecular flexibility index (Phi) is 4.12. The average molecular weight is 279 g/mol. The molecule has 106 valence electrons. The molecule has 0 aliphatic carbocycles. The van der Waals surface area contributed by atoms with Crippen LogP contribution in [0.3, 0.4) is 0 Å². The minimum Gasteiger partial charge on any atom is -0.466 e. The van der Waals surface area contributed by atoms with Crippen molar-refractivity contribution < 1.29 is 23.5 Å². The molecule has 0 aromatic heterocycles. The third-order valence-corrected chi connectivity index (χ3v) is 3.00. The minimum atomic E-state index is -0.557. The molecule has 0 atom stereocenters. The van der Waals surface area contributed by atoms with Crippen LogP contribution >= 0.6 is 0 Å².